The van der Waals surface area contributed by atoms with E-state index >= 15 is 0 Å². The number of ether oxygens (including phenoxy) is 2. The average molecular weight is 349 g/mol. The molecule has 0 spiro atoms. The highest BCUT2D eigenvalue weighted by atomic mass is 127. The number of hydrogen-bond donors (Lipinski definition) is 1. The Bertz CT molecular complexity index is 307. The second-order valence-corrected chi connectivity index (χ2v) is 4.46. The first-order valence-electron chi connectivity index (χ1n) is 6.06. The van der Waals surface area contributed by atoms with Crippen molar-refractivity contribution in [2.75, 3.05) is 19.8 Å². The molecule has 4 heteroatoms. The van der Waals surface area contributed by atoms with Crippen LogP contribution >= 0.6 is 22.9 Å². The molecule has 0 bridgehead atoms. The van der Waals surface area contributed by atoms with Gasteiger partial charge in [0.15, 0.2) is 0 Å². The maximum atomic E-state index is 5.67. The van der Waals surface area contributed by atoms with Crippen molar-refractivity contribution in [3.05, 3.63) is 24.3 Å². The minimum atomic E-state index is 0.687. The SMILES string of the molecule is CCOc1cccc(OCCCCCNI)c1. The van der Waals surface area contributed by atoms with Crippen LogP contribution in [-0.4, -0.2) is 19.8 Å². The summed E-state index contributed by atoms with van der Waals surface area (Å²) in [6, 6.07) is 7.81. The van der Waals surface area contributed by atoms with Gasteiger partial charge in [-0.2, -0.15) is 0 Å². The maximum absolute atomic E-state index is 5.67. The van der Waals surface area contributed by atoms with E-state index in [1.165, 1.54) is 12.8 Å². The summed E-state index contributed by atoms with van der Waals surface area (Å²) < 4.78 is 14.2. The van der Waals surface area contributed by atoms with Crippen molar-refractivity contribution < 1.29 is 9.47 Å². The van der Waals surface area contributed by atoms with Crippen molar-refractivity contribution in [2.45, 2.75) is 26.2 Å². The summed E-state index contributed by atoms with van der Waals surface area (Å²) >= 11 is 2.17. The Morgan fingerprint density at radius 1 is 1.12 bits per heavy atom. The van der Waals surface area contributed by atoms with Gasteiger partial charge in [-0.05, 0) is 38.3 Å². The fourth-order valence-electron chi connectivity index (χ4n) is 1.48. The Morgan fingerprint density at radius 2 is 1.88 bits per heavy atom. The van der Waals surface area contributed by atoms with Gasteiger partial charge < -0.3 is 9.47 Å². The molecule has 3 nitrogen and oxygen atoms in total. The molecule has 96 valence electrons. The van der Waals surface area contributed by atoms with Crippen LogP contribution in [0.4, 0.5) is 0 Å². The van der Waals surface area contributed by atoms with E-state index in [2.05, 4.69) is 26.4 Å². The zero-order valence-corrected chi connectivity index (χ0v) is 12.4. The zero-order chi connectivity index (χ0) is 12.3. The molecule has 0 saturated carbocycles. The van der Waals surface area contributed by atoms with E-state index in [0.29, 0.717) is 6.61 Å². The van der Waals surface area contributed by atoms with Gasteiger partial charge in [-0.25, -0.2) is 0 Å². The van der Waals surface area contributed by atoms with Gasteiger partial charge in [0.2, 0.25) is 0 Å². The highest BCUT2D eigenvalue weighted by molar-refractivity contribution is 14.1. The van der Waals surface area contributed by atoms with Gasteiger partial charge in [0.1, 0.15) is 11.5 Å². The number of hydrogen-bond acceptors (Lipinski definition) is 3. The van der Waals surface area contributed by atoms with Crippen molar-refractivity contribution in [1.29, 1.82) is 0 Å². The molecule has 0 aromatic heterocycles. The van der Waals surface area contributed by atoms with Crippen LogP contribution in [-0.2, 0) is 0 Å². The largest absolute Gasteiger partial charge is 0.494 e. The molecule has 1 aromatic carbocycles. The third-order valence-electron chi connectivity index (χ3n) is 2.30. The van der Waals surface area contributed by atoms with Gasteiger partial charge in [0.25, 0.3) is 0 Å². The van der Waals surface area contributed by atoms with E-state index < -0.39 is 0 Å². The first-order valence-corrected chi connectivity index (χ1v) is 7.14. The molecule has 0 aliphatic rings. The van der Waals surface area contributed by atoms with E-state index in [1.54, 1.807) is 0 Å². The number of rotatable bonds is 9. The van der Waals surface area contributed by atoms with Gasteiger partial charge >= 0.3 is 0 Å². The van der Waals surface area contributed by atoms with Crippen LogP contribution in [0.3, 0.4) is 0 Å². The predicted octanol–water partition coefficient (Wildman–Crippen LogP) is 3.57. The summed E-state index contributed by atoms with van der Waals surface area (Å²) in [5.74, 6) is 1.77. The molecule has 0 radical (unpaired) electrons. The van der Waals surface area contributed by atoms with Crippen molar-refractivity contribution in [3.8, 4) is 11.5 Å². The maximum Gasteiger partial charge on any atom is 0.122 e. The van der Waals surface area contributed by atoms with Gasteiger partial charge in [-0.3, -0.25) is 3.53 Å². The minimum absolute atomic E-state index is 0.687. The van der Waals surface area contributed by atoms with Crippen LogP contribution in [0.15, 0.2) is 24.3 Å². The number of halogens is 1. The lowest BCUT2D eigenvalue weighted by Crippen LogP contribution is -2.02. The van der Waals surface area contributed by atoms with E-state index in [4.69, 9.17) is 9.47 Å². The molecule has 0 heterocycles. The van der Waals surface area contributed by atoms with Crippen LogP contribution in [0.25, 0.3) is 0 Å². The molecule has 0 fully saturated rings. The monoisotopic (exact) mass is 349 g/mol. The molecule has 0 aliphatic carbocycles. The van der Waals surface area contributed by atoms with E-state index in [0.717, 1.165) is 31.1 Å². The van der Waals surface area contributed by atoms with Crippen LogP contribution in [0.5, 0.6) is 11.5 Å². The molecule has 17 heavy (non-hydrogen) atoms. The standard InChI is InChI=1S/C13H20INO2/c1-2-16-12-7-6-8-13(11-12)17-10-5-3-4-9-15-14/h6-8,11,15H,2-5,9-10H2,1H3. The van der Waals surface area contributed by atoms with Crippen molar-refractivity contribution in [1.82, 2.24) is 3.53 Å². The highest BCUT2D eigenvalue weighted by Crippen LogP contribution is 2.19. The summed E-state index contributed by atoms with van der Waals surface area (Å²) in [5, 5.41) is 0. The fraction of sp³-hybridized carbons (Fsp3) is 0.538. The van der Waals surface area contributed by atoms with Crippen LogP contribution < -0.4 is 13.0 Å². The molecule has 0 aliphatic heterocycles. The fourth-order valence-corrected chi connectivity index (χ4v) is 1.86. The van der Waals surface area contributed by atoms with E-state index in [9.17, 15) is 0 Å². The van der Waals surface area contributed by atoms with Crippen LogP contribution in [0, 0.1) is 0 Å². The molecular weight excluding hydrogens is 329 g/mol. The van der Waals surface area contributed by atoms with Crippen LogP contribution in [0.1, 0.15) is 26.2 Å². The Labute approximate surface area is 117 Å². The Kier molecular flexibility index (Phi) is 8.17. The summed E-state index contributed by atoms with van der Waals surface area (Å²) in [6.45, 7) is 4.51. The number of benzene rings is 1. The second kappa shape index (κ2) is 9.53. The van der Waals surface area contributed by atoms with Gasteiger partial charge in [0.05, 0.1) is 13.2 Å². The van der Waals surface area contributed by atoms with Crippen molar-refractivity contribution in [2.24, 2.45) is 0 Å². The van der Waals surface area contributed by atoms with Gasteiger partial charge in [-0.15, -0.1) is 0 Å². The Hall–Kier alpha value is -0.490. The minimum Gasteiger partial charge on any atom is -0.494 e. The Morgan fingerprint density at radius 3 is 2.59 bits per heavy atom. The lowest BCUT2D eigenvalue weighted by Gasteiger charge is -2.08. The third kappa shape index (κ3) is 6.73. The summed E-state index contributed by atoms with van der Waals surface area (Å²) in [4.78, 5) is 0. The number of nitrogens with one attached hydrogen (secondary N) is 1. The third-order valence-corrected chi connectivity index (χ3v) is 2.84. The summed E-state index contributed by atoms with van der Waals surface area (Å²) in [6.07, 6.45) is 3.49. The normalized spacial score (nSPS) is 10.2. The molecule has 0 amide bonds. The van der Waals surface area contributed by atoms with Gasteiger partial charge in [0, 0.05) is 35.5 Å². The molecule has 1 rings (SSSR count). The first-order chi connectivity index (χ1) is 8.36. The second-order valence-electron chi connectivity index (χ2n) is 3.70. The summed E-state index contributed by atoms with van der Waals surface area (Å²) in [7, 11) is 0. The zero-order valence-electron chi connectivity index (χ0n) is 10.2. The molecule has 1 N–H and O–H groups in total. The smallest absolute Gasteiger partial charge is 0.122 e. The lowest BCUT2D eigenvalue weighted by molar-refractivity contribution is 0.299. The number of unbranched alkanes of at least 4 members (excludes halogenated alkanes) is 2. The Balaban J connectivity index is 2.19. The van der Waals surface area contributed by atoms with Crippen molar-refractivity contribution >= 4 is 22.9 Å². The van der Waals surface area contributed by atoms with Crippen molar-refractivity contribution in [3.63, 3.8) is 0 Å². The summed E-state index contributed by atoms with van der Waals surface area (Å²) in [5.41, 5.74) is 0. The quantitative estimate of drug-likeness (QED) is 0.420. The topological polar surface area (TPSA) is 30.5 Å². The van der Waals surface area contributed by atoms with Crippen LogP contribution in [0.2, 0.25) is 0 Å². The highest BCUT2D eigenvalue weighted by Gasteiger charge is 1.97. The molecule has 0 saturated heterocycles. The molecule has 0 unspecified atom stereocenters. The molecular formula is C13H20INO2. The predicted molar refractivity (Wildman–Crippen MR) is 79.0 cm³/mol. The lowest BCUT2D eigenvalue weighted by atomic mass is 10.2. The average Bonchev–Trinajstić information content (AvgIpc) is 2.35. The molecule has 1 aromatic rings. The first kappa shape index (κ1) is 14.6. The molecule has 0 atom stereocenters. The van der Waals surface area contributed by atoms with E-state index in [-0.39, 0.29) is 0 Å². The van der Waals surface area contributed by atoms with E-state index in [1.807, 2.05) is 31.2 Å². The van der Waals surface area contributed by atoms with Gasteiger partial charge in [-0.1, -0.05) is 6.07 Å².